The Balaban J connectivity index is 1.46. The van der Waals surface area contributed by atoms with Crippen LogP contribution in [0.5, 0.6) is 11.5 Å². The van der Waals surface area contributed by atoms with E-state index >= 15 is 0 Å². The van der Waals surface area contributed by atoms with Crippen LogP contribution in [-0.4, -0.2) is 70.3 Å². The van der Waals surface area contributed by atoms with Crippen LogP contribution in [0.25, 0.3) is 5.57 Å². The molecule has 0 aromatic heterocycles. The van der Waals surface area contributed by atoms with Crippen LogP contribution in [0.4, 0.5) is 0 Å². The molecule has 0 amide bonds. The summed E-state index contributed by atoms with van der Waals surface area (Å²) in [5.74, 6) is 7.51. The van der Waals surface area contributed by atoms with Gasteiger partial charge in [0.25, 0.3) is 0 Å². The van der Waals surface area contributed by atoms with Crippen LogP contribution in [0, 0.1) is 18.8 Å². The van der Waals surface area contributed by atoms with Crippen molar-refractivity contribution in [3.05, 3.63) is 95.1 Å². The Morgan fingerprint density at radius 2 is 1.70 bits per heavy atom. The van der Waals surface area contributed by atoms with Crippen molar-refractivity contribution in [1.82, 2.24) is 4.90 Å². The number of carbonyl (C=O) groups excluding carboxylic acids is 1. The topological polar surface area (TPSA) is 57.2 Å². The Morgan fingerprint density at radius 1 is 1.00 bits per heavy atom. The SMILES string of the molecule is COC(=O)COc1ccc(OC/C=C(\c2ccc(C#CCN3CCOCC3)cc2)c2ccc(SC)cc2)cc1C. The fourth-order valence-electron chi connectivity index (χ4n) is 4.21. The van der Waals surface area contributed by atoms with E-state index in [1.54, 1.807) is 17.8 Å². The number of esters is 1. The normalized spacial score (nSPS) is 13.7. The van der Waals surface area contributed by atoms with Gasteiger partial charge in [0.15, 0.2) is 6.61 Å². The van der Waals surface area contributed by atoms with Crippen LogP contribution in [-0.2, 0) is 14.3 Å². The van der Waals surface area contributed by atoms with Gasteiger partial charge >= 0.3 is 5.97 Å². The van der Waals surface area contributed by atoms with Crippen molar-refractivity contribution < 1.29 is 23.7 Å². The highest BCUT2D eigenvalue weighted by Crippen LogP contribution is 2.27. The largest absolute Gasteiger partial charge is 0.489 e. The summed E-state index contributed by atoms with van der Waals surface area (Å²) >= 11 is 1.72. The number of carbonyl (C=O) groups is 1. The average molecular weight is 558 g/mol. The minimum atomic E-state index is -0.420. The number of methoxy groups -OCH3 is 1. The molecule has 0 saturated carbocycles. The molecular weight excluding hydrogens is 522 g/mol. The van der Waals surface area contributed by atoms with E-state index in [0.29, 0.717) is 12.4 Å². The average Bonchev–Trinajstić information content (AvgIpc) is 3.00. The summed E-state index contributed by atoms with van der Waals surface area (Å²) in [7, 11) is 1.34. The second-order valence-corrected chi connectivity index (χ2v) is 10.1. The van der Waals surface area contributed by atoms with Gasteiger partial charge in [0, 0.05) is 23.5 Å². The maximum atomic E-state index is 11.4. The first-order chi connectivity index (χ1) is 19.6. The minimum absolute atomic E-state index is 0.128. The molecule has 1 aliphatic rings. The fourth-order valence-corrected chi connectivity index (χ4v) is 4.62. The van der Waals surface area contributed by atoms with Crippen molar-refractivity contribution in [3.63, 3.8) is 0 Å². The smallest absolute Gasteiger partial charge is 0.343 e. The third-order valence-electron chi connectivity index (χ3n) is 6.49. The molecule has 0 bridgehead atoms. The van der Waals surface area contributed by atoms with E-state index in [0.717, 1.165) is 66.4 Å². The highest BCUT2D eigenvalue weighted by molar-refractivity contribution is 7.98. The van der Waals surface area contributed by atoms with Gasteiger partial charge in [-0.1, -0.05) is 36.1 Å². The van der Waals surface area contributed by atoms with Gasteiger partial charge in [-0.25, -0.2) is 4.79 Å². The molecule has 1 fully saturated rings. The molecule has 3 aromatic rings. The van der Waals surface area contributed by atoms with Gasteiger partial charge in [-0.05, 0) is 84.0 Å². The number of ether oxygens (including phenoxy) is 4. The number of nitrogens with zero attached hydrogens (tertiary/aromatic N) is 1. The van der Waals surface area contributed by atoms with Gasteiger partial charge in [0.05, 0.1) is 26.9 Å². The van der Waals surface area contributed by atoms with E-state index in [-0.39, 0.29) is 6.61 Å². The summed E-state index contributed by atoms with van der Waals surface area (Å²) in [5.41, 5.74) is 5.19. The van der Waals surface area contributed by atoms with E-state index in [1.807, 2.05) is 19.1 Å². The van der Waals surface area contributed by atoms with Crippen molar-refractivity contribution in [2.75, 3.05) is 59.4 Å². The van der Waals surface area contributed by atoms with Crippen LogP contribution in [0.3, 0.4) is 0 Å². The molecule has 1 aliphatic heterocycles. The highest BCUT2D eigenvalue weighted by atomic mass is 32.2. The van der Waals surface area contributed by atoms with E-state index in [2.05, 4.69) is 82.3 Å². The van der Waals surface area contributed by atoms with E-state index in [9.17, 15) is 4.79 Å². The molecule has 0 spiro atoms. The molecule has 40 heavy (non-hydrogen) atoms. The molecule has 1 heterocycles. The highest BCUT2D eigenvalue weighted by Gasteiger charge is 2.09. The minimum Gasteiger partial charge on any atom is -0.489 e. The molecule has 3 aromatic carbocycles. The van der Waals surface area contributed by atoms with Gasteiger partial charge in [-0.3, -0.25) is 4.90 Å². The fraction of sp³-hybridized carbons (Fsp3) is 0.303. The number of aryl methyl sites for hydroxylation is 1. The lowest BCUT2D eigenvalue weighted by Gasteiger charge is -2.24. The van der Waals surface area contributed by atoms with E-state index < -0.39 is 5.97 Å². The standard InChI is InChI=1S/C33H35NO5S/c1-25-23-29(12-15-32(25)39-24-33(35)36-2)38-20-16-31(28-10-13-30(40-3)14-11-28)27-8-6-26(7-9-27)5-4-17-34-18-21-37-22-19-34/h6-16,23H,17-22,24H2,1-3H3/b31-16+. The van der Waals surface area contributed by atoms with Crippen molar-refractivity contribution in [3.8, 4) is 23.3 Å². The summed E-state index contributed by atoms with van der Waals surface area (Å²) < 4.78 is 21.6. The van der Waals surface area contributed by atoms with Crippen LogP contribution in [0.1, 0.15) is 22.3 Å². The molecule has 4 rings (SSSR count). The zero-order valence-electron chi connectivity index (χ0n) is 23.3. The summed E-state index contributed by atoms with van der Waals surface area (Å²) in [5, 5.41) is 0. The summed E-state index contributed by atoms with van der Waals surface area (Å²) in [6, 6.07) is 22.5. The Bertz CT molecular complexity index is 1350. The monoisotopic (exact) mass is 557 g/mol. The van der Waals surface area contributed by atoms with Crippen LogP contribution < -0.4 is 9.47 Å². The predicted molar refractivity (Wildman–Crippen MR) is 160 cm³/mol. The molecule has 0 aliphatic carbocycles. The second kappa shape index (κ2) is 15.2. The Kier molecular flexibility index (Phi) is 11.1. The molecule has 0 radical (unpaired) electrons. The molecule has 7 heteroatoms. The Labute approximate surface area is 241 Å². The third-order valence-corrected chi connectivity index (χ3v) is 7.24. The molecular formula is C33H35NO5S. The van der Waals surface area contributed by atoms with Crippen molar-refractivity contribution in [2.45, 2.75) is 11.8 Å². The Morgan fingerprint density at radius 3 is 2.35 bits per heavy atom. The van der Waals surface area contributed by atoms with E-state index in [1.165, 1.54) is 12.0 Å². The lowest BCUT2D eigenvalue weighted by atomic mass is 9.97. The number of morpholine rings is 1. The van der Waals surface area contributed by atoms with Gasteiger partial charge < -0.3 is 18.9 Å². The van der Waals surface area contributed by atoms with Crippen LogP contribution in [0.2, 0.25) is 0 Å². The van der Waals surface area contributed by atoms with Crippen molar-refractivity contribution in [2.24, 2.45) is 0 Å². The zero-order valence-corrected chi connectivity index (χ0v) is 24.1. The zero-order chi connectivity index (χ0) is 28.2. The van der Waals surface area contributed by atoms with Crippen molar-refractivity contribution in [1.29, 1.82) is 0 Å². The first kappa shape index (κ1) is 29.3. The van der Waals surface area contributed by atoms with Gasteiger partial charge in [-0.2, -0.15) is 0 Å². The molecule has 0 N–H and O–H groups in total. The molecule has 1 saturated heterocycles. The first-order valence-corrected chi connectivity index (χ1v) is 14.5. The number of benzene rings is 3. The summed E-state index contributed by atoms with van der Waals surface area (Å²) in [4.78, 5) is 14.9. The lowest BCUT2D eigenvalue weighted by molar-refractivity contribution is -0.142. The Hall–Kier alpha value is -3.70. The molecule has 208 valence electrons. The summed E-state index contributed by atoms with van der Waals surface area (Å²) in [6.07, 6.45) is 4.18. The molecule has 0 atom stereocenters. The molecule has 0 unspecified atom stereocenters. The number of rotatable bonds is 10. The van der Waals surface area contributed by atoms with Crippen LogP contribution in [0.15, 0.2) is 77.7 Å². The maximum absolute atomic E-state index is 11.4. The maximum Gasteiger partial charge on any atom is 0.343 e. The predicted octanol–water partition coefficient (Wildman–Crippen LogP) is 5.46. The molecule has 6 nitrogen and oxygen atoms in total. The first-order valence-electron chi connectivity index (χ1n) is 13.2. The number of hydrogen-bond acceptors (Lipinski definition) is 7. The van der Waals surface area contributed by atoms with E-state index in [4.69, 9.17) is 14.2 Å². The van der Waals surface area contributed by atoms with Gasteiger partial charge in [-0.15, -0.1) is 11.8 Å². The van der Waals surface area contributed by atoms with Crippen LogP contribution >= 0.6 is 11.8 Å². The van der Waals surface area contributed by atoms with Gasteiger partial charge in [0.2, 0.25) is 0 Å². The third kappa shape index (κ3) is 8.65. The van der Waals surface area contributed by atoms with Crippen molar-refractivity contribution >= 4 is 23.3 Å². The lowest BCUT2D eigenvalue weighted by Crippen LogP contribution is -2.36. The number of thioether (sulfide) groups is 1. The second-order valence-electron chi connectivity index (χ2n) is 9.22. The van der Waals surface area contributed by atoms with Gasteiger partial charge in [0.1, 0.15) is 18.1 Å². The summed E-state index contributed by atoms with van der Waals surface area (Å²) in [6.45, 7) is 6.37. The quantitative estimate of drug-likeness (QED) is 0.186. The number of hydrogen-bond donors (Lipinski definition) is 0.